The van der Waals surface area contributed by atoms with Crippen LogP contribution in [0.4, 0.5) is 0 Å². The van der Waals surface area contributed by atoms with Crippen molar-refractivity contribution >= 4 is 29.6 Å². The summed E-state index contributed by atoms with van der Waals surface area (Å²) < 4.78 is 4.99. The minimum Gasteiger partial charge on any atom is -0.452 e. The summed E-state index contributed by atoms with van der Waals surface area (Å²) in [4.78, 5) is 25.4. The van der Waals surface area contributed by atoms with Gasteiger partial charge >= 0.3 is 5.97 Å². The number of nitrogens with zero attached hydrogens (tertiary/aromatic N) is 1. The Kier molecular flexibility index (Phi) is 7.12. The summed E-state index contributed by atoms with van der Waals surface area (Å²) in [5.74, 6) is -0.773. The van der Waals surface area contributed by atoms with Crippen molar-refractivity contribution in [3.63, 3.8) is 0 Å². The molecule has 0 N–H and O–H groups in total. The largest absolute Gasteiger partial charge is 0.452 e. The van der Waals surface area contributed by atoms with Gasteiger partial charge in [0.2, 0.25) is 0 Å². The lowest BCUT2D eigenvalue weighted by Crippen LogP contribution is -2.44. The maximum atomic E-state index is 12.1. The zero-order chi connectivity index (χ0) is 16.7. The first-order chi connectivity index (χ1) is 10.3. The van der Waals surface area contributed by atoms with E-state index in [1.54, 1.807) is 23.1 Å². The van der Waals surface area contributed by atoms with E-state index in [0.717, 1.165) is 5.56 Å². The molecule has 5 heteroatoms. The number of carbonyl (C=O) groups excluding carboxylic acids is 2. The van der Waals surface area contributed by atoms with E-state index in [1.807, 2.05) is 39.8 Å². The molecule has 0 aliphatic carbocycles. The molecule has 1 rings (SSSR count). The molecule has 0 aliphatic heterocycles. The second-order valence-electron chi connectivity index (χ2n) is 5.45. The van der Waals surface area contributed by atoms with Gasteiger partial charge in [-0.15, -0.1) is 0 Å². The highest BCUT2D eigenvalue weighted by Crippen LogP contribution is 2.16. The molecule has 1 aromatic rings. The molecule has 0 aliphatic rings. The van der Waals surface area contributed by atoms with Gasteiger partial charge in [0, 0.05) is 23.2 Å². The summed E-state index contributed by atoms with van der Waals surface area (Å²) in [5, 5.41) is 0.549. The van der Waals surface area contributed by atoms with Crippen LogP contribution in [-0.4, -0.2) is 35.5 Å². The van der Waals surface area contributed by atoms with Crippen molar-refractivity contribution in [2.45, 2.75) is 39.8 Å². The van der Waals surface area contributed by atoms with Gasteiger partial charge in [-0.05, 0) is 45.4 Å². The molecule has 0 atom stereocenters. The van der Waals surface area contributed by atoms with Crippen molar-refractivity contribution < 1.29 is 14.3 Å². The molecule has 22 heavy (non-hydrogen) atoms. The molecule has 4 nitrogen and oxygen atoms in total. The maximum absolute atomic E-state index is 12.1. The fourth-order valence-corrected chi connectivity index (χ4v) is 2.39. The van der Waals surface area contributed by atoms with Gasteiger partial charge in [-0.2, -0.15) is 0 Å². The smallest absolute Gasteiger partial charge is 0.331 e. The molecule has 0 fully saturated rings. The van der Waals surface area contributed by atoms with Crippen LogP contribution >= 0.6 is 11.6 Å². The topological polar surface area (TPSA) is 46.6 Å². The van der Waals surface area contributed by atoms with Crippen LogP contribution in [0.3, 0.4) is 0 Å². The Bertz CT molecular complexity index is 545. The van der Waals surface area contributed by atoms with Crippen molar-refractivity contribution in [3.05, 3.63) is 40.9 Å². The lowest BCUT2D eigenvalue weighted by atomic mass is 10.2. The number of ether oxygens (including phenoxy) is 1. The monoisotopic (exact) mass is 323 g/mol. The van der Waals surface area contributed by atoms with E-state index in [-0.39, 0.29) is 24.6 Å². The molecule has 0 unspecified atom stereocenters. The number of benzene rings is 1. The molecule has 0 bridgehead atoms. The molecule has 0 saturated carbocycles. The Balaban J connectivity index is 2.56. The molecular weight excluding hydrogens is 302 g/mol. The van der Waals surface area contributed by atoms with Crippen LogP contribution in [0.2, 0.25) is 5.02 Å². The Morgan fingerprint density at radius 1 is 1.18 bits per heavy atom. The van der Waals surface area contributed by atoms with Gasteiger partial charge in [0.05, 0.1) is 0 Å². The number of carbonyl (C=O) groups is 2. The number of halogens is 1. The van der Waals surface area contributed by atoms with Gasteiger partial charge in [-0.1, -0.05) is 29.8 Å². The third-order valence-corrected chi connectivity index (χ3v) is 3.39. The van der Waals surface area contributed by atoms with Gasteiger partial charge in [-0.3, -0.25) is 4.79 Å². The quantitative estimate of drug-likeness (QED) is 0.594. The van der Waals surface area contributed by atoms with Crippen molar-refractivity contribution in [1.82, 2.24) is 4.90 Å². The third kappa shape index (κ3) is 5.53. The van der Waals surface area contributed by atoms with E-state index in [2.05, 4.69) is 0 Å². The molecule has 0 spiro atoms. The van der Waals surface area contributed by atoms with Crippen molar-refractivity contribution in [1.29, 1.82) is 0 Å². The average Bonchev–Trinajstić information content (AvgIpc) is 2.43. The minimum absolute atomic E-state index is 0.0601. The average molecular weight is 324 g/mol. The zero-order valence-corrected chi connectivity index (χ0v) is 14.1. The maximum Gasteiger partial charge on any atom is 0.331 e. The van der Waals surface area contributed by atoms with Crippen LogP contribution < -0.4 is 0 Å². The van der Waals surface area contributed by atoms with Gasteiger partial charge in [0.25, 0.3) is 5.91 Å². The fraction of sp³-hybridized carbons (Fsp3) is 0.412. The summed E-state index contributed by atoms with van der Waals surface area (Å²) in [7, 11) is 0. The molecule has 0 heterocycles. The predicted molar refractivity (Wildman–Crippen MR) is 88.6 cm³/mol. The number of hydrogen-bond acceptors (Lipinski definition) is 3. The predicted octanol–water partition coefficient (Wildman–Crippen LogP) is 3.54. The Labute approximate surface area is 136 Å². The first-order valence-corrected chi connectivity index (χ1v) is 7.61. The number of esters is 1. The van der Waals surface area contributed by atoms with E-state index >= 15 is 0 Å². The minimum atomic E-state index is -0.569. The zero-order valence-electron chi connectivity index (χ0n) is 13.4. The van der Waals surface area contributed by atoms with Crippen molar-refractivity contribution in [2.24, 2.45) is 0 Å². The fourth-order valence-electron chi connectivity index (χ4n) is 2.20. The van der Waals surface area contributed by atoms with Crippen LogP contribution in [0.1, 0.15) is 33.3 Å². The van der Waals surface area contributed by atoms with Crippen molar-refractivity contribution in [3.8, 4) is 0 Å². The molecule has 1 aromatic carbocycles. The second kappa shape index (κ2) is 8.59. The molecular formula is C17H22ClNO3. The third-order valence-electron chi connectivity index (χ3n) is 3.04. The van der Waals surface area contributed by atoms with Crippen LogP contribution in [0.25, 0.3) is 6.08 Å². The van der Waals surface area contributed by atoms with Gasteiger partial charge in [0.1, 0.15) is 0 Å². The normalized spacial score (nSPS) is 11.2. The Hall–Kier alpha value is -1.81. The van der Waals surface area contributed by atoms with E-state index in [4.69, 9.17) is 16.3 Å². The Morgan fingerprint density at radius 2 is 1.77 bits per heavy atom. The second-order valence-corrected chi connectivity index (χ2v) is 5.86. The molecule has 1 amide bonds. The SMILES string of the molecule is CC(C)N(C(=O)COC(=O)/C=C/c1ccccc1Cl)C(C)C. The first-order valence-electron chi connectivity index (χ1n) is 7.23. The van der Waals surface area contributed by atoms with Gasteiger partial charge in [0.15, 0.2) is 6.61 Å². The van der Waals surface area contributed by atoms with Crippen LogP contribution in [0, 0.1) is 0 Å². The standard InChI is InChI=1S/C17H22ClNO3/c1-12(2)19(13(3)4)16(20)11-22-17(21)10-9-14-7-5-6-8-15(14)18/h5-10,12-13H,11H2,1-4H3/b10-9+. The van der Waals surface area contributed by atoms with E-state index in [1.165, 1.54) is 6.08 Å². The molecule has 0 radical (unpaired) electrons. The van der Waals surface area contributed by atoms with Crippen LogP contribution in [0.5, 0.6) is 0 Å². The molecule has 120 valence electrons. The number of amides is 1. The van der Waals surface area contributed by atoms with E-state index in [0.29, 0.717) is 5.02 Å². The molecule has 0 aromatic heterocycles. The van der Waals surface area contributed by atoms with Gasteiger partial charge in [-0.25, -0.2) is 4.79 Å². The highest BCUT2D eigenvalue weighted by Gasteiger charge is 2.20. The Morgan fingerprint density at radius 3 is 2.32 bits per heavy atom. The highest BCUT2D eigenvalue weighted by molar-refractivity contribution is 6.32. The van der Waals surface area contributed by atoms with E-state index in [9.17, 15) is 9.59 Å². The van der Waals surface area contributed by atoms with Crippen LogP contribution in [-0.2, 0) is 14.3 Å². The summed E-state index contributed by atoms with van der Waals surface area (Å²) in [6, 6.07) is 7.28. The summed E-state index contributed by atoms with van der Waals surface area (Å²) in [5.41, 5.74) is 0.721. The molecule has 0 saturated heterocycles. The highest BCUT2D eigenvalue weighted by atomic mass is 35.5. The number of hydrogen-bond donors (Lipinski definition) is 0. The lowest BCUT2D eigenvalue weighted by molar-refractivity contribution is -0.150. The van der Waals surface area contributed by atoms with Crippen LogP contribution in [0.15, 0.2) is 30.3 Å². The lowest BCUT2D eigenvalue weighted by Gasteiger charge is -2.30. The summed E-state index contributed by atoms with van der Waals surface area (Å²) in [6.45, 7) is 7.45. The van der Waals surface area contributed by atoms with Gasteiger partial charge < -0.3 is 9.64 Å². The number of rotatable bonds is 6. The van der Waals surface area contributed by atoms with Crippen molar-refractivity contribution in [2.75, 3.05) is 6.61 Å². The van der Waals surface area contributed by atoms with E-state index < -0.39 is 5.97 Å². The summed E-state index contributed by atoms with van der Waals surface area (Å²) in [6.07, 6.45) is 2.83. The summed E-state index contributed by atoms with van der Waals surface area (Å²) >= 11 is 5.98. The first kappa shape index (κ1) is 18.2.